The second-order valence-corrected chi connectivity index (χ2v) is 9.37. The number of carbonyl (C=O) groups is 2. The van der Waals surface area contributed by atoms with Gasteiger partial charge >= 0.3 is 0 Å². The van der Waals surface area contributed by atoms with E-state index in [0.29, 0.717) is 33.8 Å². The van der Waals surface area contributed by atoms with Crippen LogP contribution in [-0.4, -0.2) is 91.4 Å². The zero-order valence-electron chi connectivity index (χ0n) is 21.0. The summed E-state index contributed by atoms with van der Waals surface area (Å²) in [4.78, 5) is 43.2. The van der Waals surface area contributed by atoms with Crippen molar-refractivity contribution in [2.24, 2.45) is 0 Å². The van der Waals surface area contributed by atoms with Gasteiger partial charge in [0.05, 0.1) is 29.8 Å². The van der Waals surface area contributed by atoms with Crippen LogP contribution in [0, 0.1) is 0 Å². The molecule has 0 unspecified atom stereocenters. The van der Waals surface area contributed by atoms with Crippen LogP contribution >= 0.6 is 11.6 Å². The normalized spacial score (nSPS) is 14.5. The van der Waals surface area contributed by atoms with E-state index in [9.17, 15) is 14.4 Å². The number of nitrogens with zero attached hydrogens (tertiary/aromatic N) is 4. The summed E-state index contributed by atoms with van der Waals surface area (Å²) in [7, 11) is 3.61. The number of piperazine rings is 1. The first-order valence-electron chi connectivity index (χ1n) is 12.2. The minimum absolute atomic E-state index is 0.0324. The topological polar surface area (TPSA) is 109 Å². The quantitative estimate of drug-likeness (QED) is 0.407. The number of carbonyl (C=O) groups excluding carboxylic acids is 2. The van der Waals surface area contributed by atoms with Crippen molar-refractivity contribution in [3.05, 3.63) is 63.5 Å². The van der Waals surface area contributed by atoms with Crippen LogP contribution in [0.3, 0.4) is 0 Å². The summed E-state index contributed by atoms with van der Waals surface area (Å²) in [6.45, 7) is 5.44. The smallest absolute Gasteiger partial charge is 0.279 e. The molecule has 2 heterocycles. The van der Waals surface area contributed by atoms with Crippen LogP contribution in [0.4, 0.5) is 0 Å². The Bertz CT molecular complexity index is 1340. The molecule has 0 spiro atoms. The molecule has 2 N–H and O–H groups in total. The molecular weight excluding hydrogens is 496 g/mol. The summed E-state index contributed by atoms with van der Waals surface area (Å²) < 4.78 is 6.30. The number of fused-ring (bicyclic) bond motifs is 1. The van der Waals surface area contributed by atoms with Gasteiger partial charge in [-0.05, 0) is 44.3 Å². The van der Waals surface area contributed by atoms with Gasteiger partial charge in [0, 0.05) is 38.1 Å². The number of ether oxygens (including phenoxy) is 1. The molecule has 1 saturated heterocycles. The summed E-state index contributed by atoms with van der Waals surface area (Å²) in [5, 5.41) is 10.8. The summed E-state index contributed by atoms with van der Waals surface area (Å²) in [6, 6.07) is 11.5. The number of hydrogen-bond acceptors (Lipinski definition) is 7. The number of aromatic nitrogens is 2. The molecule has 0 aliphatic carbocycles. The van der Waals surface area contributed by atoms with Crippen LogP contribution in [0.5, 0.6) is 5.75 Å². The standard InChI is InChI=1S/C26H31ClN6O4/c1-31-12-14-32(15-13-31)11-5-10-28-23(34)17-29-25(35)24-19-6-3-4-7-20(19)26(36)33(30-24)18-8-9-22(37-2)21(27)16-18/h3-4,6-9,16H,5,10-15,17H2,1-2H3,(H,28,34)(H,29,35). The van der Waals surface area contributed by atoms with Gasteiger partial charge in [-0.25, -0.2) is 0 Å². The first-order chi connectivity index (χ1) is 17.9. The molecule has 2 aromatic carbocycles. The molecule has 1 aromatic heterocycles. The van der Waals surface area contributed by atoms with E-state index in [1.54, 1.807) is 42.5 Å². The Labute approximate surface area is 220 Å². The van der Waals surface area contributed by atoms with Gasteiger partial charge in [0.15, 0.2) is 5.69 Å². The van der Waals surface area contributed by atoms with E-state index in [1.165, 1.54) is 7.11 Å². The lowest BCUT2D eigenvalue weighted by molar-refractivity contribution is -0.120. The third-order valence-corrected chi connectivity index (χ3v) is 6.67. The number of hydrogen-bond donors (Lipinski definition) is 2. The van der Waals surface area contributed by atoms with E-state index in [-0.39, 0.29) is 18.1 Å². The fraction of sp³-hybridized carbons (Fsp3) is 0.385. The molecule has 0 atom stereocenters. The lowest BCUT2D eigenvalue weighted by Crippen LogP contribution is -2.45. The fourth-order valence-corrected chi connectivity index (χ4v) is 4.48. The van der Waals surface area contributed by atoms with Crippen molar-refractivity contribution in [3.63, 3.8) is 0 Å². The molecule has 2 amide bonds. The number of halogens is 1. The fourth-order valence-electron chi connectivity index (χ4n) is 4.23. The van der Waals surface area contributed by atoms with Crippen molar-refractivity contribution >= 4 is 34.2 Å². The maximum Gasteiger partial charge on any atom is 0.279 e. The molecule has 196 valence electrons. The van der Waals surface area contributed by atoms with Gasteiger partial charge in [0.1, 0.15) is 5.75 Å². The summed E-state index contributed by atoms with van der Waals surface area (Å²) in [5.41, 5.74) is 0.0187. The van der Waals surface area contributed by atoms with Crippen LogP contribution in [0.25, 0.3) is 16.5 Å². The minimum atomic E-state index is -0.558. The van der Waals surface area contributed by atoms with Gasteiger partial charge in [-0.15, -0.1) is 0 Å². The highest BCUT2D eigenvalue weighted by Crippen LogP contribution is 2.26. The van der Waals surface area contributed by atoms with Gasteiger partial charge < -0.3 is 25.2 Å². The SMILES string of the molecule is COc1ccc(-n2nc(C(=O)NCC(=O)NCCCN3CCN(C)CC3)c3ccccc3c2=O)cc1Cl. The van der Waals surface area contributed by atoms with Gasteiger partial charge in [0.2, 0.25) is 5.91 Å². The Morgan fingerprint density at radius 1 is 1.05 bits per heavy atom. The van der Waals surface area contributed by atoms with Crippen molar-refractivity contribution in [2.75, 3.05) is 60.0 Å². The van der Waals surface area contributed by atoms with E-state index in [0.717, 1.165) is 43.8 Å². The lowest BCUT2D eigenvalue weighted by Gasteiger charge is -2.32. The number of likely N-dealkylation sites (N-methyl/N-ethyl adjacent to an activating group) is 1. The highest BCUT2D eigenvalue weighted by Gasteiger charge is 2.19. The number of benzene rings is 2. The Hall–Kier alpha value is -3.47. The zero-order valence-corrected chi connectivity index (χ0v) is 21.8. The van der Waals surface area contributed by atoms with Crippen LogP contribution in [0.15, 0.2) is 47.3 Å². The maximum atomic E-state index is 13.1. The molecule has 0 bridgehead atoms. The second kappa shape index (κ2) is 12.2. The number of rotatable bonds is 9. The molecule has 1 aliphatic heterocycles. The van der Waals surface area contributed by atoms with Gasteiger partial charge in [-0.2, -0.15) is 9.78 Å². The number of amides is 2. The highest BCUT2D eigenvalue weighted by atomic mass is 35.5. The molecule has 1 aliphatic rings. The molecule has 4 rings (SSSR count). The molecule has 0 saturated carbocycles. The molecular formula is C26H31ClN6O4. The lowest BCUT2D eigenvalue weighted by atomic mass is 10.1. The van der Waals surface area contributed by atoms with E-state index < -0.39 is 11.5 Å². The number of nitrogens with one attached hydrogen (secondary N) is 2. The van der Waals surface area contributed by atoms with Crippen molar-refractivity contribution in [3.8, 4) is 11.4 Å². The Kier molecular flexibility index (Phi) is 8.75. The average Bonchev–Trinajstić information content (AvgIpc) is 2.91. The monoisotopic (exact) mass is 526 g/mol. The molecule has 11 heteroatoms. The van der Waals surface area contributed by atoms with Crippen molar-refractivity contribution in [1.29, 1.82) is 0 Å². The van der Waals surface area contributed by atoms with E-state index in [2.05, 4.69) is 32.6 Å². The third-order valence-electron chi connectivity index (χ3n) is 6.38. The van der Waals surface area contributed by atoms with E-state index in [1.807, 2.05) is 0 Å². The zero-order chi connectivity index (χ0) is 26.4. The average molecular weight is 527 g/mol. The molecule has 1 fully saturated rings. The van der Waals surface area contributed by atoms with Crippen LogP contribution in [0.2, 0.25) is 5.02 Å². The molecule has 37 heavy (non-hydrogen) atoms. The minimum Gasteiger partial charge on any atom is -0.495 e. The molecule has 0 radical (unpaired) electrons. The van der Waals surface area contributed by atoms with Crippen molar-refractivity contribution < 1.29 is 14.3 Å². The molecule has 3 aromatic rings. The van der Waals surface area contributed by atoms with Gasteiger partial charge in [-0.3, -0.25) is 14.4 Å². The predicted molar refractivity (Wildman–Crippen MR) is 143 cm³/mol. The van der Waals surface area contributed by atoms with Crippen LogP contribution in [-0.2, 0) is 4.79 Å². The summed E-state index contributed by atoms with van der Waals surface area (Å²) in [5.74, 6) is -0.393. The second-order valence-electron chi connectivity index (χ2n) is 8.96. The van der Waals surface area contributed by atoms with Gasteiger partial charge in [-0.1, -0.05) is 29.8 Å². The maximum absolute atomic E-state index is 13.1. The Balaban J connectivity index is 1.42. The predicted octanol–water partition coefficient (Wildman–Crippen LogP) is 1.53. The summed E-state index contributed by atoms with van der Waals surface area (Å²) in [6.07, 6.45) is 0.838. The summed E-state index contributed by atoms with van der Waals surface area (Å²) >= 11 is 6.24. The largest absolute Gasteiger partial charge is 0.495 e. The van der Waals surface area contributed by atoms with Crippen LogP contribution < -0.4 is 20.9 Å². The van der Waals surface area contributed by atoms with E-state index >= 15 is 0 Å². The Morgan fingerprint density at radius 3 is 2.49 bits per heavy atom. The van der Waals surface area contributed by atoms with E-state index in [4.69, 9.17) is 16.3 Å². The first kappa shape index (κ1) is 26.6. The third kappa shape index (κ3) is 6.46. The molecule has 10 nitrogen and oxygen atoms in total. The Morgan fingerprint density at radius 2 is 1.78 bits per heavy atom. The van der Waals surface area contributed by atoms with Crippen molar-refractivity contribution in [2.45, 2.75) is 6.42 Å². The van der Waals surface area contributed by atoms with Gasteiger partial charge in [0.25, 0.3) is 11.5 Å². The number of methoxy groups -OCH3 is 1. The van der Waals surface area contributed by atoms with Crippen LogP contribution in [0.1, 0.15) is 16.9 Å². The highest BCUT2D eigenvalue weighted by molar-refractivity contribution is 6.32. The van der Waals surface area contributed by atoms with Crippen molar-refractivity contribution in [1.82, 2.24) is 30.2 Å². The first-order valence-corrected chi connectivity index (χ1v) is 12.6.